The van der Waals surface area contributed by atoms with Gasteiger partial charge < -0.3 is 5.32 Å². The smallest absolute Gasteiger partial charge is 0.307 e. The first-order valence-corrected chi connectivity index (χ1v) is 5.53. The van der Waals surface area contributed by atoms with Crippen molar-refractivity contribution < 1.29 is 17.6 Å². The molecule has 0 amide bonds. The first-order chi connectivity index (χ1) is 9.09. The Morgan fingerprint density at radius 1 is 1.15 bits per heavy atom. The number of benzene rings is 1. The lowest BCUT2D eigenvalue weighted by Crippen LogP contribution is -2.17. The Balaban J connectivity index is 0.00000200. The largest absolute Gasteiger partial charge is 0.333 e. The minimum Gasteiger partial charge on any atom is -0.307 e. The van der Waals surface area contributed by atoms with E-state index in [9.17, 15) is 17.6 Å². The summed E-state index contributed by atoms with van der Waals surface area (Å²) in [5.41, 5.74) is 0.412. The van der Waals surface area contributed by atoms with E-state index in [4.69, 9.17) is 0 Å². The lowest BCUT2D eigenvalue weighted by Gasteiger charge is -2.08. The molecule has 0 aliphatic heterocycles. The molecule has 0 spiro atoms. The molecule has 0 bridgehead atoms. The average Bonchev–Trinajstić information content (AvgIpc) is 2.83. The van der Waals surface area contributed by atoms with Crippen molar-refractivity contribution >= 4 is 12.4 Å². The zero-order valence-corrected chi connectivity index (χ0v) is 11.0. The molecule has 0 fully saturated rings. The van der Waals surface area contributed by atoms with E-state index in [1.54, 1.807) is 0 Å². The lowest BCUT2D eigenvalue weighted by molar-refractivity contribution is 0.0531. The van der Waals surface area contributed by atoms with Gasteiger partial charge >= 0.3 is 6.55 Å². The molecule has 8 heteroatoms. The summed E-state index contributed by atoms with van der Waals surface area (Å²) in [7, 11) is 0. The Labute approximate surface area is 119 Å². The zero-order chi connectivity index (χ0) is 13.8. The van der Waals surface area contributed by atoms with Crippen molar-refractivity contribution in [3.63, 3.8) is 0 Å². The van der Waals surface area contributed by atoms with Gasteiger partial charge in [0.2, 0.25) is 0 Å². The van der Waals surface area contributed by atoms with Gasteiger partial charge in [0, 0.05) is 24.8 Å². The number of aromatic nitrogens is 2. The van der Waals surface area contributed by atoms with Crippen LogP contribution in [0.25, 0.3) is 0 Å². The second kappa shape index (κ2) is 7.25. The Hall–Kier alpha value is -1.60. The maximum absolute atomic E-state index is 13.3. The highest BCUT2D eigenvalue weighted by Crippen LogP contribution is 2.13. The summed E-state index contributed by atoms with van der Waals surface area (Å²) in [4.78, 5) is 0. The van der Waals surface area contributed by atoms with Crippen molar-refractivity contribution in [1.82, 2.24) is 15.1 Å². The first kappa shape index (κ1) is 16.5. The average molecular weight is 310 g/mol. The lowest BCUT2D eigenvalue weighted by atomic mass is 10.2. The fourth-order valence-corrected chi connectivity index (χ4v) is 1.67. The number of hydrogen-bond acceptors (Lipinski definition) is 2. The molecule has 1 N–H and O–H groups in total. The summed E-state index contributed by atoms with van der Waals surface area (Å²) >= 11 is 0. The monoisotopic (exact) mass is 309 g/mol. The Bertz CT molecular complexity index is 559. The van der Waals surface area contributed by atoms with E-state index in [1.807, 2.05) is 0 Å². The standard InChI is InChI=1S/C12H11F4N3.ClH/c13-10-3-1-2-8(11(10)14)6-17-7-9-4-5-18-19(9)12(15)16;/h1-5,12,17H,6-7H2;1H. The molecule has 0 radical (unpaired) electrons. The van der Waals surface area contributed by atoms with Crippen molar-refractivity contribution in [2.75, 3.05) is 0 Å². The first-order valence-electron chi connectivity index (χ1n) is 5.53. The third-order valence-electron chi connectivity index (χ3n) is 2.59. The second-order valence-electron chi connectivity index (χ2n) is 3.86. The molecular formula is C12H12ClF4N3. The fourth-order valence-electron chi connectivity index (χ4n) is 1.67. The summed E-state index contributed by atoms with van der Waals surface area (Å²) < 4.78 is 51.8. The van der Waals surface area contributed by atoms with Crippen molar-refractivity contribution in [2.24, 2.45) is 0 Å². The van der Waals surface area contributed by atoms with Crippen LogP contribution in [0.15, 0.2) is 30.5 Å². The molecule has 0 atom stereocenters. The predicted octanol–water partition coefficient (Wildman–Crippen LogP) is 3.27. The Morgan fingerprint density at radius 2 is 1.90 bits per heavy atom. The predicted molar refractivity (Wildman–Crippen MR) is 67.6 cm³/mol. The third-order valence-corrected chi connectivity index (χ3v) is 2.59. The van der Waals surface area contributed by atoms with Crippen LogP contribution in [0.1, 0.15) is 17.8 Å². The summed E-state index contributed by atoms with van der Waals surface area (Å²) in [5, 5.41) is 6.23. The van der Waals surface area contributed by atoms with E-state index < -0.39 is 18.2 Å². The van der Waals surface area contributed by atoms with Gasteiger partial charge in [0.05, 0.1) is 5.69 Å². The molecule has 1 aromatic carbocycles. The van der Waals surface area contributed by atoms with Gasteiger partial charge in [-0.15, -0.1) is 12.4 Å². The number of hydrogen-bond donors (Lipinski definition) is 1. The summed E-state index contributed by atoms with van der Waals surface area (Å²) in [5.74, 6) is -1.87. The fraction of sp³-hybridized carbons (Fsp3) is 0.250. The SMILES string of the molecule is Cl.Fc1cccc(CNCc2ccnn2C(F)F)c1F. The number of rotatable bonds is 5. The summed E-state index contributed by atoms with van der Waals surface area (Å²) in [6.07, 6.45) is 1.26. The van der Waals surface area contributed by atoms with E-state index in [1.165, 1.54) is 24.4 Å². The highest BCUT2D eigenvalue weighted by molar-refractivity contribution is 5.85. The van der Waals surface area contributed by atoms with Crippen LogP contribution in [0.2, 0.25) is 0 Å². The van der Waals surface area contributed by atoms with E-state index >= 15 is 0 Å². The van der Waals surface area contributed by atoms with Gasteiger partial charge in [-0.3, -0.25) is 0 Å². The van der Waals surface area contributed by atoms with E-state index in [2.05, 4.69) is 10.4 Å². The normalized spacial score (nSPS) is 10.7. The topological polar surface area (TPSA) is 29.9 Å². The molecule has 0 aliphatic rings. The van der Waals surface area contributed by atoms with Crippen molar-refractivity contribution in [3.8, 4) is 0 Å². The number of halogens is 5. The van der Waals surface area contributed by atoms with E-state index in [0.29, 0.717) is 4.68 Å². The molecule has 0 saturated carbocycles. The molecule has 3 nitrogen and oxygen atoms in total. The zero-order valence-electron chi connectivity index (χ0n) is 10.2. The summed E-state index contributed by atoms with van der Waals surface area (Å²) in [6.45, 7) is -2.60. The van der Waals surface area contributed by atoms with Gasteiger partial charge in [-0.1, -0.05) is 12.1 Å². The molecule has 20 heavy (non-hydrogen) atoms. The van der Waals surface area contributed by atoms with Crippen LogP contribution in [0.5, 0.6) is 0 Å². The van der Waals surface area contributed by atoms with Crippen LogP contribution in [0.3, 0.4) is 0 Å². The van der Waals surface area contributed by atoms with Crippen LogP contribution < -0.4 is 5.32 Å². The maximum Gasteiger partial charge on any atom is 0.333 e. The van der Waals surface area contributed by atoms with Crippen LogP contribution in [-0.4, -0.2) is 9.78 Å². The Morgan fingerprint density at radius 3 is 2.60 bits per heavy atom. The van der Waals surface area contributed by atoms with Crippen LogP contribution in [-0.2, 0) is 13.1 Å². The van der Waals surface area contributed by atoms with Gasteiger partial charge in [0.15, 0.2) is 11.6 Å². The molecular weight excluding hydrogens is 298 g/mol. The second-order valence-corrected chi connectivity index (χ2v) is 3.86. The third kappa shape index (κ3) is 3.71. The summed E-state index contributed by atoms with van der Waals surface area (Å²) in [6, 6.07) is 5.26. The van der Waals surface area contributed by atoms with Gasteiger partial charge in [0.25, 0.3) is 0 Å². The van der Waals surface area contributed by atoms with Crippen LogP contribution >= 0.6 is 12.4 Å². The highest BCUT2D eigenvalue weighted by atomic mass is 35.5. The molecule has 0 aliphatic carbocycles. The molecule has 0 saturated heterocycles. The minimum absolute atomic E-state index is 0. The van der Waals surface area contributed by atoms with E-state index in [-0.39, 0.29) is 36.8 Å². The molecule has 2 rings (SSSR count). The van der Waals surface area contributed by atoms with Crippen molar-refractivity contribution in [2.45, 2.75) is 19.6 Å². The van der Waals surface area contributed by atoms with Crippen molar-refractivity contribution in [1.29, 1.82) is 0 Å². The Kier molecular flexibility index (Phi) is 5.97. The molecule has 2 aromatic rings. The van der Waals surface area contributed by atoms with Gasteiger partial charge in [0.1, 0.15) is 0 Å². The highest BCUT2D eigenvalue weighted by Gasteiger charge is 2.12. The molecule has 1 aromatic heterocycles. The molecule has 0 unspecified atom stereocenters. The van der Waals surface area contributed by atoms with Gasteiger partial charge in [-0.25, -0.2) is 13.5 Å². The molecule has 110 valence electrons. The minimum atomic E-state index is -2.72. The maximum atomic E-state index is 13.3. The van der Waals surface area contributed by atoms with Crippen LogP contribution in [0, 0.1) is 11.6 Å². The quantitative estimate of drug-likeness (QED) is 0.859. The van der Waals surface area contributed by atoms with Crippen molar-refractivity contribution in [3.05, 3.63) is 53.4 Å². The number of nitrogens with one attached hydrogen (secondary N) is 1. The van der Waals surface area contributed by atoms with Gasteiger partial charge in [-0.05, 0) is 12.1 Å². The van der Waals surface area contributed by atoms with Crippen LogP contribution in [0.4, 0.5) is 17.6 Å². The number of nitrogens with zero attached hydrogens (tertiary/aromatic N) is 2. The molecule has 1 heterocycles. The van der Waals surface area contributed by atoms with Gasteiger partial charge in [-0.2, -0.15) is 13.9 Å². The number of alkyl halides is 2. The van der Waals surface area contributed by atoms with E-state index in [0.717, 1.165) is 6.07 Å².